The van der Waals surface area contributed by atoms with Gasteiger partial charge in [0.1, 0.15) is 11.6 Å². The summed E-state index contributed by atoms with van der Waals surface area (Å²) in [5.74, 6) is 1.05. The van der Waals surface area contributed by atoms with Gasteiger partial charge in [0.15, 0.2) is 0 Å². The Bertz CT molecular complexity index is 1410. The summed E-state index contributed by atoms with van der Waals surface area (Å²) in [6.45, 7) is 3.91. The minimum Gasteiger partial charge on any atom is -0.497 e. The molecular weight excluding hydrogens is 459 g/mol. The molecule has 36 heavy (non-hydrogen) atoms. The number of benzene rings is 3. The van der Waals surface area contributed by atoms with Crippen molar-refractivity contribution in [2.75, 3.05) is 12.0 Å². The maximum Gasteiger partial charge on any atom is 0.326 e. The molecule has 3 aromatic carbocycles. The number of aromatic nitrogens is 2. The summed E-state index contributed by atoms with van der Waals surface area (Å²) in [5, 5.41) is 7.26. The van der Waals surface area contributed by atoms with Crippen molar-refractivity contribution < 1.29 is 18.4 Å². The molecule has 0 fully saturated rings. The van der Waals surface area contributed by atoms with Crippen LogP contribution in [0.3, 0.4) is 0 Å². The van der Waals surface area contributed by atoms with Gasteiger partial charge in [-0.05, 0) is 60.9 Å². The summed E-state index contributed by atoms with van der Waals surface area (Å²) in [6, 6.07) is 20.3. The van der Waals surface area contributed by atoms with Gasteiger partial charge in [-0.3, -0.25) is 4.90 Å². The second kappa shape index (κ2) is 9.65. The number of nitrogens with one attached hydrogen (secondary N) is 1. The number of anilines is 1. The predicted molar refractivity (Wildman–Crippen MR) is 135 cm³/mol. The molecule has 7 nitrogen and oxygen atoms in total. The van der Waals surface area contributed by atoms with Crippen molar-refractivity contribution in [1.29, 1.82) is 0 Å². The maximum absolute atomic E-state index is 13.6. The molecule has 2 amide bonds. The second-order valence-electron chi connectivity index (χ2n) is 8.44. The smallest absolute Gasteiger partial charge is 0.326 e. The number of methoxy groups -OCH3 is 1. The fourth-order valence-corrected chi connectivity index (χ4v) is 4.31. The Morgan fingerprint density at radius 1 is 1.03 bits per heavy atom. The zero-order chi connectivity index (χ0) is 25.2. The Kier molecular flexibility index (Phi) is 6.25. The van der Waals surface area contributed by atoms with E-state index in [4.69, 9.17) is 9.26 Å². The number of amides is 2. The van der Waals surface area contributed by atoms with Crippen molar-refractivity contribution in [3.05, 3.63) is 101 Å². The number of carbonyl (C=O) groups is 1. The van der Waals surface area contributed by atoms with Gasteiger partial charge in [0.05, 0.1) is 24.4 Å². The third-order valence-corrected chi connectivity index (χ3v) is 6.30. The van der Waals surface area contributed by atoms with E-state index in [9.17, 15) is 9.18 Å². The van der Waals surface area contributed by atoms with Crippen LogP contribution in [0.25, 0.3) is 17.0 Å². The Labute approximate surface area is 208 Å². The van der Waals surface area contributed by atoms with Crippen molar-refractivity contribution in [1.82, 2.24) is 15.5 Å². The molecule has 0 saturated heterocycles. The summed E-state index contributed by atoms with van der Waals surface area (Å²) in [5.41, 5.74) is 4.63. The van der Waals surface area contributed by atoms with Crippen molar-refractivity contribution in [2.24, 2.45) is 0 Å². The van der Waals surface area contributed by atoms with Crippen LogP contribution < -0.4 is 15.0 Å². The van der Waals surface area contributed by atoms with Crippen LogP contribution in [0.1, 0.15) is 36.9 Å². The summed E-state index contributed by atoms with van der Waals surface area (Å²) in [7, 11) is 1.60. The van der Waals surface area contributed by atoms with Crippen molar-refractivity contribution in [3.63, 3.8) is 0 Å². The van der Waals surface area contributed by atoms with Gasteiger partial charge in [-0.1, -0.05) is 48.5 Å². The molecule has 4 aromatic rings. The van der Waals surface area contributed by atoms with Crippen LogP contribution >= 0.6 is 0 Å². The van der Waals surface area contributed by atoms with Gasteiger partial charge in [-0.2, -0.15) is 4.98 Å². The molecular formula is C28H25FN4O3. The molecule has 1 unspecified atom stereocenters. The number of hydrogen-bond donors (Lipinski definition) is 1. The fraction of sp³-hybridized carbons (Fsp3) is 0.179. The highest BCUT2D eigenvalue weighted by Crippen LogP contribution is 2.39. The van der Waals surface area contributed by atoms with Gasteiger partial charge in [0, 0.05) is 11.3 Å². The van der Waals surface area contributed by atoms with Crippen molar-refractivity contribution >= 4 is 17.3 Å². The lowest BCUT2D eigenvalue weighted by Crippen LogP contribution is -2.46. The highest BCUT2D eigenvalue weighted by molar-refractivity contribution is 6.01. The molecule has 0 saturated carbocycles. The molecule has 182 valence electrons. The second-order valence-corrected chi connectivity index (χ2v) is 8.44. The minimum absolute atomic E-state index is 0.287. The molecule has 0 bridgehead atoms. The summed E-state index contributed by atoms with van der Waals surface area (Å²) in [6.07, 6.45) is 0.937. The van der Waals surface area contributed by atoms with Crippen molar-refractivity contribution in [3.8, 4) is 17.1 Å². The molecule has 2 heterocycles. The molecule has 1 atom stereocenters. The minimum atomic E-state index is -0.545. The quantitative estimate of drug-likeness (QED) is 0.355. The van der Waals surface area contributed by atoms with Crippen LogP contribution in [0, 0.1) is 5.82 Å². The highest BCUT2D eigenvalue weighted by atomic mass is 19.1. The molecule has 0 aliphatic carbocycles. The Hall–Kier alpha value is -4.46. The average Bonchev–Trinajstić information content (AvgIpc) is 3.39. The lowest BCUT2D eigenvalue weighted by molar-refractivity contribution is 0.244. The number of allylic oxidation sites excluding steroid dienone is 1. The third kappa shape index (κ3) is 4.33. The van der Waals surface area contributed by atoms with E-state index in [-0.39, 0.29) is 17.7 Å². The van der Waals surface area contributed by atoms with Crippen molar-refractivity contribution in [2.45, 2.75) is 26.3 Å². The fourth-order valence-electron chi connectivity index (χ4n) is 4.31. The van der Waals surface area contributed by atoms with Gasteiger partial charge in [0.2, 0.25) is 5.82 Å². The molecule has 8 heteroatoms. The topological polar surface area (TPSA) is 80.5 Å². The number of aryl methyl sites for hydroxylation is 1. The number of nitrogens with zero attached hydrogens (tertiary/aromatic N) is 3. The maximum atomic E-state index is 13.6. The van der Waals surface area contributed by atoms with Gasteiger partial charge in [-0.25, -0.2) is 9.18 Å². The average molecular weight is 485 g/mol. The van der Waals surface area contributed by atoms with Crippen LogP contribution in [-0.4, -0.2) is 23.3 Å². The first-order chi connectivity index (χ1) is 17.5. The van der Waals surface area contributed by atoms with E-state index in [0.29, 0.717) is 28.5 Å². The third-order valence-electron chi connectivity index (χ3n) is 6.30. The van der Waals surface area contributed by atoms with Crippen LogP contribution in [0.15, 0.2) is 83.0 Å². The first-order valence-corrected chi connectivity index (χ1v) is 11.6. The first kappa shape index (κ1) is 23.3. The number of ether oxygens (including phenoxy) is 1. The van der Waals surface area contributed by atoms with E-state index in [1.165, 1.54) is 22.6 Å². The molecule has 1 aliphatic rings. The van der Waals surface area contributed by atoms with Crippen LogP contribution in [0.5, 0.6) is 5.75 Å². The van der Waals surface area contributed by atoms with E-state index in [2.05, 4.69) is 22.4 Å². The summed E-state index contributed by atoms with van der Waals surface area (Å²) >= 11 is 0. The number of halogens is 1. The van der Waals surface area contributed by atoms with E-state index in [1.54, 1.807) is 19.2 Å². The lowest BCUT2D eigenvalue weighted by Gasteiger charge is -2.35. The van der Waals surface area contributed by atoms with Gasteiger partial charge in [0.25, 0.3) is 5.89 Å². The normalized spacial score (nSPS) is 15.7. The highest BCUT2D eigenvalue weighted by Gasteiger charge is 2.36. The molecule has 1 aromatic heterocycles. The monoisotopic (exact) mass is 484 g/mol. The first-order valence-electron chi connectivity index (χ1n) is 11.6. The number of hydrogen-bond acceptors (Lipinski definition) is 5. The Balaban J connectivity index is 1.62. The van der Waals surface area contributed by atoms with Crippen LogP contribution in [0.2, 0.25) is 0 Å². The van der Waals surface area contributed by atoms with Gasteiger partial charge >= 0.3 is 6.03 Å². The molecule has 1 N–H and O–H groups in total. The number of rotatable bonds is 6. The summed E-state index contributed by atoms with van der Waals surface area (Å²) in [4.78, 5) is 19.4. The summed E-state index contributed by atoms with van der Waals surface area (Å²) < 4.78 is 24.6. The molecule has 1 aliphatic heterocycles. The van der Waals surface area contributed by atoms with E-state index >= 15 is 0 Å². The lowest BCUT2D eigenvalue weighted by atomic mass is 9.94. The van der Waals surface area contributed by atoms with Gasteiger partial charge in [-0.15, -0.1) is 0 Å². The van der Waals surface area contributed by atoms with E-state index in [1.807, 2.05) is 55.5 Å². The van der Waals surface area contributed by atoms with Crippen LogP contribution in [-0.2, 0) is 6.42 Å². The molecule has 0 spiro atoms. The van der Waals surface area contributed by atoms with E-state index < -0.39 is 6.04 Å². The van der Waals surface area contributed by atoms with E-state index in [0.717, 1.165) is 17.5 Å². The predicted octanol–water partition coefficient (Wildman–Crippen LogP) is 6.15. The largest absolute Gasteiger partial charge is 0.497 e. The Morgan fingerprint density at radius 2 is 1.72 bits per heavy atom. The van der Waals surface area contributed by atoms with Crippen LogP contribution in [0.4, 0.5) is 14.9 Å². The standard InChI is InChI=1S/C28H25FN4O3/c1-4-18-5-7-20(8-6-18)26-31-27(36-32-26)24-17(2)33(22-13-11-21(29)12-14-22)28(34)30-25(24)19-9-15-23(35-3)16-10-19/h5-16,25H,4H2,1-3H3,(H,30,34). The molecule has 0 radical (unpaired) electrons. The number of urea groups is 1. The zero-order valence-electron chi connectivity index (χ0n) is 20.2. The Morgan fingerprint density at radius 3 is 2.36 bits per heavy atom. The SMILES string of the molecule is CCc1ccc(-c2noc(C3=C(C)N(c4ccc(F)cc4)C(=O)NC3c3ccc(OC)cc3)n2)cc1. The zero-order valence-corrected chi connectivity index (χ0v) is 20.2. The number of carbonyl (C=O) groups excluding carboxylic acids is 1. The molecule has 5 rings (SSSR count). The van der Waals surface area contributed by atoms with Gasteiger partial charge < -0.3 is 14.6 Å².